The van der Waals surface area contributed by atoms with Gasteiger partial charge in [0.05, 0.1) is 18.0 Å². The van der Waals surface area contributed by atoms with E-state index in [1.54, 1.807) is 4.68 Å². The molecule has 1 aromatic heterocycles. The summed E-state index contributed by atoms with van der Waals surface area (Å²) in [6.07, 6.45) is 1.87. The Labute approximate surface area is 125 Å². The molecule has 0 aliphatic heterocycles. The zero-order valence-electron chi connectivity index (χ0n) is 10.7. The van der Waals surface area contributed by atoms with E-state index in [9.17, 15) is 5.11 Å². The third-order valence-corrected chi connectivity index (χ3v) is 3.63. The maximum Gasteiger partial charge on any atom is 0.0982 e. The Morgan fingerprint density at radius 3 is 2.35 bits per heavy atom. The van der Waals surface area contributed by atoms with E-state index >= 15 is 0 Å². The van der Waals surface area contributed by atoms with Gasteiger partial charge in [-0.1, -0.05) is 46.3 Å². The van der Waals surface area contributed by atoms with Gasteiger partial charge in [0.1, 0.15) is 0 Å². The molecule has 0 amide bonds. The fourth-order valence-corrected chi connectivity index (χ4v) is 2.35. The number of nitrogens with zero attached hydrogens (tertiary/aromatic N) is 2. The minimum absolute atomic E-state index is 0.0295. The molecule has 3 aromatic rings. The number of halogens is 1. The number of aliphatic hydroxyl groups excluding tert-OH is 1. The van der Waals surface area contributed by atoms with Crippen molar-refractivity contribution >= 4 is 15.9 Å². The van der Waals surface area contributed by atoms with Crippen LogP contribution in [0.25, 0.3) is 16.9 Å². The van der Waals surface area contributed by atoms with Crippen molar-refractivity contribution in [3.8, 4) is 16.9 Å². The first kappa shape index (κ1) is 13.1. The van der Waals surface area contributed by atoms with Gasteiger partial charge in [-0.25, -0.2) is 4.68 Å². The first-order valence-electron chi connectivity index (χ1n) is 6.28. The van der Waals surface area contributed by atoms with Crippen LogP contribution in [0.3, 0.4) is 0 Å². The van der Waals surface area contributed by atoms with Crippen LogP contribution >= 0.6 is 15.9 Å². The summed E-state index contributed by atoms with van der Waals surface area (Å²) in [4.78, 5) is 0. The average molecular weight is 329 g/mol. The van der Waals surface area contributed by atoms with Gasteiger partial charge >= 0.3 is 0 Å². The van der Waals surface area contributed by atoms with Crippen LogP contribution in [0.15, 0.2) is 65.3 Å². The highest BCUT2D eigenvalue weighted by Crippen LogP contribution is 2.25. The third-order valence-electron chi connectivity index (χ3n) is 3.10. The predicted octanol–water partition coefficient (Wildman–Crippen LogP) is 3.79. The number of para-hydroxylation sites is 1. The van der Waals surface area contributed by atoms with E-state index < -0.39 is 0 Å². The lowest BCUT2D eigenvalue weighted by Crippen LogP contribution is -1.93. The van der Waals surface area contributed by atoms with Crippen LogP contribution in [-0.4, -0.2) is 14.9 Å². The van der Waals surface area contributed by atoms with Gasteiger partial charge in [-0.05, 0) is 24.3 Å². The predicted molar refractivity (Wildman–Crippen MR) is 82.6 cm³/mol. The monoisotopic (exact) mass is 328 g/mol. The molecule has 0 saturated heterocycles. The Kier molecular flexibility index (Phi) is 3.67. The van der Waals surface area contributed by atoms with Crippen molar-refractivity contribution in [2.45, 2.75) is 6.61 Å². The number of aliphatic hydroxyl groups is 1. The van der Waals surface area contributed by atoms with Gasteiger partial charge in [-0.3, -0.25) is 0 Å². The summed E-state index contributed by atoms with van der Waals surface area (Å²) in [7, 11) is 0. The van der Waals surface area contributed by atoms with Crippen LogP contribution in [0.5, 0.6) is 0 Å². The molecule has 0 unspecified atom stereocenters. The molecule has 0 bridgehead atoms. The maximum absolute atomic E-state index is 9.53. The topological polar surface area (TPSA) is 38.0 Å². The lowest BCUT2D eigenvalue weighted by Gasteiger charge is -2.01. The van der Waals surface area contributed by atoms with Gasteiger partial charge < -0.3 is 5.11 Å². The second-order valence-electron chi connectivity index (χ2n) is 4.45. The fourth-order valence-electron chi connectivity index (χ4n) is 2.09. The second-order valence-corrected chi connectivity index (χ2v) is 5.36. The highest BCUT2D eigenvalue weighted by Gasteiger charge is 2.11. The first-order chi connectivity index (χ1) is 9.78. The van der Waals surface area contributed by atoms with Gasteiger partial charge in [-0.2, -0.15) is 5.10 Å². The lowest BCUT2D eigenvalue weighted by molar-refractivity contribution is 0.282. The zero-order chi connectivity index (χ0) is 13.9. The molecule has 2 aromatic carbocycles. The van der Waals surface area contributed by atoms with Crippen molar-refractivity contribution in [1.29, 1.82) is 0 Å². The lowest BCUT2D eigenvalue weighted by atomic mass is 10.1. The minimum Gasteiger partial charge on any atom is -0.392 e. The molecular formula is C16H13BrN2O. The Morgan fingerprint density at radius 2 is 1.70 bits per heavy atom. The molecule has 1 N–H and O–H groups in total. The average Bonchev–Trinajstić information content (AvgIpc) is 2.93. The molecule has 0 fully saturated rings. The number of hydrogen-bond acceptors (Lipinski definition) is 2. The van der Waals surface area contributed by atoms with E-state index in [-0.39, 0.29) is 6.61 Å². The molecule has 0 aliphatic rings. The summed E-state index contributed by atoms with van der Waals surface area (Å²) >= 11 is 3.42. The second kappa shape index (κ2) is 5.61. The normalized spacial score (nSPS) is 10.7. The summed E-state index contributed by atoms with van der Waals surface area (Å²) in [5.41, 5.74) is 3.59. The molecule has 3 rings (SSSR count). The summed E-state index contributed by atoms with van der Waals surface area (Å²) in [6, 6.07) is 17.8. The first-order valence-corrected chi connectivity index (χ1v) is 7.08. The fraction of sp³-hybridized carbons (Fsp3) is 0.0625. The molecular weight excluding hydrogens is 316 g/mol. The molecule has 1 heterocycles. The molecule has 100 valence electrons. The van der Waals surface area contributed by atoms with Crippen LogP contribution in [-0.2, 0) is 6.61 Å². The summed E-state index contributed by atoms with van der Waals surface area (Å²) in [5, 5.41) is 14.1. The molecule has 20 heavy (non-hydrogen) atoms. The van der Waals surface area contributed by atoms with Crippen LogP contribution in [0.1, 0.15) is 5.56 Å². The van der Waals surface area contributed by atoms with E-state index in [2.05, 4.69) is 21.0 Å². The van der Waals surface area contributed by atoms with Crippen molar-refractivity contribution in [3.05, 3.63) is 70.8 Å². The molecule has 3 nitrogen and oxygen atoms in total. The Bertz CT molecular complexity index is 705. The highest BCUT2D eigenvalue weighted by molar-refractivity contribution is 9.10. The van der Waals surface area contributed by atoms with E-state index in [1.807, 2.05) is 60.8 Å². The van der Waals surface area contributed by atoms with Crippen molar-refractivity contribution in [1.82, 2.24) is 9.78 Å². The Balaban J connectivity index is 2.07. The van der Waals surface area contributed by atoms with E-state index in [1.165, 1.54) is 0 Å². The Morgan fingerprint density at radius 1 is 1.00 bits per heavy atom. The van der Waals surface area contributed by atoms with Gasteiger partial charge in [0.15, 0.2) is 0 Å². The van der Waals surface area contributed by atoms with E-state index in [4.69, 9.17) is 0 Å². The number of hydrogen-bond donors (Lipinski definition) is 1. The largest absolute Gasteiger partial charge is 0.392 e. The van der Waals surface area contributed by atoms with E-state index in [0.29, 0.717) is 0 Å². The molecule has 0 atom stereocenters. The summed E-state index contributed by atoms with van der Waals surface area (Å²) in [6.45, 7) is -0.0295. The van der Waals surface area contributed by atoms with E-state index in [0.717, 1.165) is 27.0 Å². The summed E-state index contributed by atoms with van der Waals surface area (Å²) in [5.74, 6) is 0. The van der Waals surface area contributed by atoms with Gasteiger partial charge in [-0.15, -0.1) is 0 Å². The van der Waals surface area contributed by atoms with Gasteiger partial charge in [0.25, 0.3) is 0 Å². The summed E-state index contributed by atoms with van der Waals surface area (Å²) < 4.78 is 2.82. The van der Waals surface area contributed by atoms with Crippen molar-refractivity contribution in [2.24, 2.45) is 0 Å². The van der Waals surface area contributed by atoms with Crippen LogP contribution in [0.2, 0.25) is 0 Å². The van der Waals surface area contributed by atoms with Crippen molar-refractivity contribution in [3.63, 3.8) is 0 Å². The zero-order valence-corrected chi connectivity index (χ0v) is 12.3. The molecule has 0 saturated carbocycles. The molecule has 0 spiro atoms. The third kappa shape index (κ3) is 2.53. The smallest absolute Gasteiger partial charge is 0.0982 e. The van der Waals surface area contributed by atoms with Crippen LogP contribution in [0.4, 0.5) is 0 Å². The number of benzene rings is 2. The molecule has 0 radical (unpaired) electrons. The molecule has 4 heteroatoms. The maximum atomic E-state index is 9.53. The van der Waals surface area contributed by atoms with Crippen molar-refractivity contribution in [2.75, 3.05) is 0 Å². The molecule has 0 aliphatic carbocycles. The van der Waals surface area contributed by atoms with Gasteiger partial charge in [0.2, 0.25) is 0 Å². The van der Waals surface area contributed by atoms with Gasteiger partial charge in [0, 0.05) is 21.8 Å². The minimum atomic E-state index is -0.0295. The SMILES string of the molecule is OCc1cn(-c2ccccc2)nc1-c1ccc(Br)cc1. The Hall–Kier alpha value is -1.91. The highest BCUT2D eigenvalue weighted by atomic mass is 79.9. The van der Waals surface area contributed by atoms with Crippen molar-refractivity contribution < 1.29 is 5.11 Å². The van der Waals surface area contributed by atoms with Crippen LogP contribution < -0.4 is 0 Å². The standard InChI is InChI=1S/C16H13BrN2O/c17-14-8-6-12(7-9-14)16-13(11-20)10-19(18-16)15-4-2-1-3-5-15/h1-10,20H,11H2. The number of rotatable bonds is 3. The number of aromatic nitrogens is 2. The van der Waals surface area contributed by atoms with Crippen LogP contribution in [0, 0.1) is 0 Å². The quantitative estimate of drug-likeness (QED) is 0.794.